The van der Waals surface area contributed by atoms with E-state index in [-0.39, 0.29) is 28.6 Å². The van der Waals surface area contributed by atoms with Gasteiger partial charge in [0.1, 0.15) is 5.75 Å². The first-order valence-corrected chi connectivity index (χ1v) is 12.2. The van der Waals surface area contributed by atoms with Crippen LogP contribution in [0, 0.1) is 0 Å². The fraction of sp³-hybridized carbons (Fsp3) is 0.208. The minimum absolute atomic E-state index is 0.0557. The van der Waals surface area contributed by atoms with Crippen molar-refractivity contribution in [2.75, 3.05) is 25.5 Å². The van der Waals surface area contributed by atoms with Gasteiger partial charge in [0.05, 0.1) is 34.8 Å². The number of nitrogens with one attached hydrogen (secondary N) is 1. The maximum absolute atomic E-state index is 13.4. The molecule has 0 unspecified atom stereocenters. The van der Waals surface area contributed by atoms with Gasteiger partial charge in [0, 0.05) is 6.54 Å². The summed E-state index contributed by atoms with van der Waals surface area (Å²) in [7, 11) is -2.85. The number of ether oxygens (including phenoxy) is 1. The quantitative estimate of drug-likeness (QED) is 0.414. The summed E-state index contributed by atoms with van der Waals surface area (Å²) in [5, 5.41) is 2.24. The number of sulfonamides is 1. The molecule has 0 spiro atoms. The fourth-order valence-electron chi connectivity index (χ4n) is 3.33. The smallest absolute Gasteiger partial charge is 0.418 e. The van der Waals surface area contributed by atoms with Crippen molar-refractivity contribution in [3.63, 3.8) is 0 Å². The number of hydrogen-bond donors (Lipinski definition) is 1. The second-order valence-electron chi connectivity index (χ2n) is 7.46. The van der Waals surface area contributed by atoms with Gasteiger partial charge in [0.15, 0.2) is 0 Å². The van der Waals surface area contributed by atoms with Crippen LogP contribution in [0.3, 0.4) is 0 Å². The highest BCUT2D eigenvalue weighted by molar-refractivity contribution is 7.89. The fourth-order valence-corrected chi connectivity index (χ4v) is 5.07. The SMILES string of the molecule is COc1ccc(S(=O)(=O)N(CCc2ccccc2)CC(=O)Nc2ccccc2C(F)(F)F)cc1Cl. The number of anilines is 1. The van der Waals surface area contributed by atoms with E-state index in [9.17, 15) is 26.4 Å². The molecule has 3 rings (SSSR count). The van der Waals surface area contributed by atoms with E-state index in [1.807, 2.05) is 6.07 Å². The van der Waals surface area contributed by atoms with E-state index in [1.54, 1.807) is 24.3 Å². The molecule has 1 amide bonds. The second-order valence-corrected chi connectivity index (χ2v) is 9.81. The summed E-state index contributed by atoms with van der Waals surface area (Å²) in [6.07, 6.45) is -4.42. The first-order chi connectivity index (χ1) is 16.5. The minimum Gasteiger partial charge on any atom is -0.495 e. The zero-order valence-electron chi connectivity index (χ0n) is 18.5. The van der Waals surface area contributed by atoms with Crippen LogP contribution in [-0.2, 0) is 27.4 Å². The molecule has 0 bridgehead atoms. The van der Waals surface area contributed by atoms with E-state index in [1.165, 1.54) is 37.4 Å². The normalized spacial score (nSPS) is 11.9. The molecule has 0 atom stereocenters. The Morgan fingerprint density at radius 1 is 1.03 bits per heavy atom. The molecule has 0 radical (unpaired) electrons. The van der Waals surface area contributed by atoms with Crippen molar-refractivity contribution in [3.8, 4) is 5.75 Å². The van der Waals surface area contributed by atoms with Gasteiger partial charge in [0.25, 0.3) is 0 Å². The number of alkyl halides is 3. The van der Waals surface area contributed by atoms with E-state index in [4.69, 9.17) is 16.3 Å². The molecule has 11 heteroatoms. The van der Waals surface area contributed by atoms with Crippen LogP contribution >= 0.6 is 11.6 Å². The molecule has 186 valence electrons. The molecule has 6 nitrogen and oxygen atoms in total. The number of hydrogen-bond acceptors (Lipinski definition) is 4. The van der Waals surface area contributed by atoms with Crippen molar-refractivity contribution in [2.45, 2.75) is 17.5 Å². The Kier molecular flexibility index (Phi) is 8.42. The molecule has 0 fully saturated rings. The lowest BCUT2D eigenvalue weighted by molar-refractivity contribution is -0.137. The zero-order valence-corrected chi connectivity index (χ0v) is 20.1. The van der Waals surface area contributed by atoms with Crippen LogP contribution in [0.5, 0.6) is 5.75 Å². The predicted molar refractivity (Wildman–Crippen MR) is 127 cm³/mol. The Morgan fingerprint density at radius 3 is 2.31 bits per heavy atom. The third-order valence-electron chi connectivity index (χ3n) is 5.08. The molecule has 3 aromatic carbocycles. The lowest BCUT2D eigenvalue weighted by Crippen LogP contribution is -2.39. The van der Waals surface area contributed by atoms with Crippen LogP contribution in [0.1, 0.15) is 11.1 Å². The minimum atomic E-state index is -4.69. The zero-order chi connectivity index (χ0) is 25.6. The van der Waals surface area contributed by atoms with E-state index < -0.39 is 39.9 Å². The van der Waals surface area contributed by atoms with Crippen LogP contribution in [0.2, 0.25) is 5.02 Å². The molecule has 35 heavy (non-hydrogen) atoms. The van der Waals surface area contributed by atoms with Crippen molar-refractivity contribution in [1.29, 1.82) is 0 Å². The molecule has 0 aliphatic carbocycles. The summed E-state index contributed by atoms with van der Waals surface area (Å²) >= 11 is 6.09. The van der Waals surface area contributed by atoms with Gasteiger partial charge in [-0.15, -0.1) is 0 Å². The van der Waals surface area contributed by atoms with E-state index in [0.29, 0.717) is 0 Å². The van der Waals surface area contributed by atoms with Gasteiger partial charge in [-0.1, -0.05) is 54.1 Å². The topological polar surface area (TPSA) is 75.7 Å². The van der Waals surface area contributed by atoms with Crippen LogP contribution in [0.15, 0.2) is 77.7 Å². The number of halogens is 4. The highest BCUT2D eigenvalue weighted by Crippen LogP contribution is 2.34. The van der Waals surface area contributed by atoms with Gasteiger partial charge in [-0.25, -0.2) is 8.42 Å². The molecule has 0 aliphatic rings. The maximum Gasteiger partial charge on any atom is 0.418 e. The monoisotopic (exact) mass is 526 g/mol. The molecular weight excluding hydrogens is 505 g/mol. The largest absolute Gasteiger partial charge is 0.495 e. The molecule has 0 aliphatic heterocycles. The first-order valence-electron chi connectivity index (χ1n) is 10.4. The number of nitrogens with zero attached hydrogens (tertiary/aromatic N) is 1. The van der Waals surface area contributed by atoms with Gasteiger partial charge in [-0.05, 0) is 42.3 Å². The summed E-state index contributed by atoms with van der Waals surface area (Å²) in [5.41, 5.74) is -0.671. The van der Waals surface area contributed by atoms with Gasteiger partial charge in [-0.2, -0.15) is 17.5 Å². The van der Waals surface area contributed by atoms with E-state index in [0.717, 1.165) is 22.0 Å². The van der Waals surface area contributed by atoms with Crippen LogP contribution in [0.4, 0.5) is 18.9 Å². The van der Waals surface area contributed by atoms with Gasteiger partial charge >= 0.3 is 6.18 Å². The van der Waals surface area contributed by atoms with Crippen LogP contribution in [0.25, 0.3) is 0 Å². The molecular formula is C24H22ClF3N2O4S. The van der Waals surface area contributed by atoms with Crippen molar-refractivity contribution >= 4 is 33.2 Å². The maximum atomic E-state index is 13.4. The molecule has 0 saturated carbocycles. The summed E-state index contributed by atoms with van der Waals surface area (Å²) < 4.78 is 72.6. The average Bonchev–Trinajstić information content (AvgIpc) is 2.82. The van der Waals surface area contributed by atoms with E-state index in [2.05, 4.69) is 5.32 Å². The lowest BCUT2D eigenvalue weighted by Gasteiger charge is -2.23. The Morgan fingerprint density at radius 2 is 1.69 bits per heavy atom. The predicted octanol–water partition coefficient (Wildman–Crippen LogP) is 5.24. The summed E-state index contributed by atoms with van der Waals surface area (Å²) in [5.74, 6) is -0.652. The third-order valence-corrected chi connectivity index (χ3v) is 7.22. The van der Waals surface area contributed by atoms with Gasteiger partial charge < -0.3 is 10.1 Å². The van der Waals surface area contributed by atoms with Crippen molar-refractivity contribution in [1.82, 2.24) is 4.31 Å². The Labute approximate surface area is 206 Å². The first kappa shape index (κ1) is 26.5. The Balaban J connectivity index is 1.88. The molecule has 0 aromatic heterocycles. The van der Waals surface area contributed by atoms with Crippen LogP contribution in [-0.4, -0.2) is 38.8 Å². The molecule has 0 heterocycles. The number of para-hydroxylation sites is 1. The van der Waals surface area contributed by atoms with Crippen molar-refractivity contribution in [2.24, 2.45) is 0 Å². The number of amides is 1. The van der Waals surface area contributed by atoms with Crippen LogP contribution < -0.4 is 10.1 Å². The standard InChI is InChI=1S/C24H22ClF3N2O4S/c1-34-22-12-11-18(15-20(22)25)35(32,33)30(14-13-17-7-3-2-4-8-17)16-23(31)29-21-10-6-5-9-19(21)24(26,27)28/h2-12,15H,13-14,16H2,1H3,(H,29,31). The number of rotatable bonds is 9. The van der Waals surface area contributed by atoms with Crippen molar-refractivity contribution in [3.05, 3.63) is 88.9 Å². The number of carbonyl (C=O) groups excluding carboxylic acids is 1. The summed E-state index contributed by atoms with van der Waals surface area (Å²) in [4.78, 5) is 12.5. The van der Waals surface area contributed by atoms with E-state index >= 15 is 0 Å². The molecule has 3 aromatic rings. The second kappa shape index (κ2) is 11.1. The molecule has 1 N–H and O–H groups in total. The Bertz CT molecular complexity index is 1290. The van der Waals surface area contributed by atoms with Gasteiger partial charge in [0.2, 0.25) is 15.9 Å². The third kappa shape index (κ3) is 6.74. The number of carbonyl (C=O) groups is 1. The number of benzene rings is 3. The lowest BCUT2D eigenvalue weighted by atomic mass is 10.1. The highest BCUT2D eigenvalue weighted by Gasteiger charge is 2.34. The Hall–Kier alpha value is -3.08. The summed E-state index contributed by atoms with van der Waals surface area (Å²) in [6.45, 7) is -0.796. The summed E-state index contributed by atoms with van der Waals surface area (Å²) in [6, 6.07) is 17.3. The molecule has 0 saturated heterocycles. The highest BCUT2D eigenvalue weighted by atomic mass is 35.5. The number of methoxy groups -OCH3 is 1. The van der Waals surface area contributed by atoms with Crippen molar-refractivity contribution < 1.29 is 31.1 Å². The average molecular weight is 527 g/mol. The van der Waals surface area contributed by atoms with Gasteiger partial charge in [-0.3, -0.25) is 4.79 Å².